The molecule has 122 valence electrons. The second-order valence-corrected chi connectivity index (χ2v) is 4.71. The number of hydrogen-bond donors (Lipinski definition) is 0. The van der Waals surface area contributed by atoms with Gasteiger partial charge in [0.05, 0.1) is 0 Å². The van der Waals surface area contributed by atoms with Gasteiger partial charge in [-0.15, -0.1) is 13.2 Å². The molecular formula is C18H21NO4. The smallest absolute Gasteiger partial charge is 0.342 e. The molecule has 0 unspecified atom stereocenters. The van der Waals surface area contributed by atoms with Gasteiger partial charge in [-0.2, -0.15) is 0 Å². The summed E-state index contributed by atoms with van der Waals surface area (Å²) in [5, 5.41) is 0. The largest absolute Gasteiger partial charge is 0.456 e. The van der Waals surface area contributed by atoms with E-state index in [1.54, 1.807) is 24.3 Å². The third kappa shape index (κ3) is 5.82. The van der Waals surface area contributed by atoms with Crippen LogP contribution in [0.1, 0.15) is 17.3 Å². The zero-order chi connectivity index (χ0) is 17.2. The van der Waals surface area contributed by atoms with Crippen LogP contribution < -0.4 is 4.74 Å². The Morgan fingerprint density at radius 3 is 2.35 bits per heavy atom. The molecule has 0 saturated carbocycles. The molecule has 0 fully saturated rings. The van der Waals surface area contributed by atoms with Crippen molar-refractivity contribution in [1.29, 1.82) is 0 Å². The predicted molar refractivity (Wildman–Crippen MR) is 89.1 cm³/mol. The molecule has 0 atom stereocenters. The summed E-state index contributed by atoms with van der Waals surface area (Å²) in [5.41, 5.74) is 0.817. The van der Waals surface area contributed by atoms with Gasteiger partial charge in [-0.25, -0.2) is 4.79 Å². The van der Waals surface area contributed by atoms with Crippen LogP contribution in [0.2, 0.25) is 0 Å². The summed E-state index contributed by atoms with van der Waals surface area (Å²) in [7, 11) is 0. The lowest BCUT2D eigenvalue weighted by Gasteiger charge is -2.23. The van der Waals surface area contributed by atoms with Gasteiger partial charge >= 0.3 is 11.9 Å². The summed E-state index contributed by atoms with van der Waals surface area (Å²) in [6, 6.07) is 6.41. The second kappa shape index (κ2) is 9.25. The Balaban J connectivity index is 2.73. The van der Waals surface area contributed by atoms with E-state index in [9.17, 15) is 9.59 Å². The molecule has 0 saturated heterocycles. The third-order valence-electron chi connectivity index (χ3n) is 2.88. The van der Waals surface area contributed by atoms with Gasteiger partial charge in [0, 0.05) is 25.7 Å². The van der Waals surface area contributed by atoms with Gasteiger partial charge in [0.15, 0.2) is 0 Å². The fourth-order valence-corrected chi connectivity index (χ4v) is 1.84. The van der Waals surface area contributed by atoms with Gasteiger partial charge in [-0.3, -0.25) is 4.79 Å². The third-order valence-corrected chi connectivity index (χ3v) is 2.88. The Morgan fingerprint density at radius 2 is 1.78 bits per heavy atom. The Hall–Kier alpha value is -2.82. The number of benzene rings is 1. The molecule has 1 aromatic carbocycles. The van der Waals surface area contributed by atoms with Crippen molar-refractivity contribution in [2.24, 2.45) is 0 Å². The van der Waals surface area contributed by atoms with Crippen LogP contribution in [0.4, 0.5) is 0 Å². The van der Waals surface area contributed by atoms with Crippen LogP contribution in [0.5, 0.6) is 5.75 Å². The maximum Gasteiger partial charge on any atom is 0.342 e. The van der Waals surface area contributed by atoms with Gasteiger partial charge in [-0.05, 0) is 12.1 Å². The fraction of sp³-hybridized carbons (Fsp3) is 0.222. The second-order valence-electron chi connectivity index (χ2n) is 4.71. The molecule has 5 heteroatoms. The summed E-state index contributed by atoms with van der Waals surface area (Å²) in [4.78, 5) is 25.1. The molecule has 23 heavy (non-hydrogen) atoms. The van der Waals surface area contributed by atoms with E-state index in [1.807, 2.05) is 4.90 Å². The van der Waals surface area contributed by atoms with Crippen LogP contribution in [0, 0.1) is 0 Å². The quantitative estimate of drug-likeness (QED) is 0.398. The maximum absolute atomic E-state index is 12.2. The zero-order valence-electron chi connectivity index (χ0n) is 13.3. The minimum atomic E-state index is -0.583. The molecule has 0 aromatic heterocycles. The van der Waals surface area contributed by atoms with Gasteiger partial charge in [0.2, 0.25) is 0 Å². The summed E-state index contributed by atoms with van der Waals surface area (Å²) in [6.45, 7) is 13.7. The van der Waals surface area contributed by atoms with Crippen LogP contribution in [0.25, 0.3) is 0 Å². The van der Waals surface area contributed by atoms with E-state index in [4.69, 9.17) is 9.47 Å². The number of hydrogen-bond acceptors (Lipinski definition) is 5. The van der Waals surface area contributed by atoms with Gasteiger partial charge in [0.1, 0.15) is 17.9 Å². The van der Waals surface area contributed by atoms with E-state index in [-0.39, 0.29) is 17.9 Å². The number of carbonyl (C=O) groups is 2. The predicted octanol–water partition coefficient (Wildman–Crippen LogP) is 2.96. The SMILES string of the molecule is C=CCN(CC=C)C(=C)COC(=O)c1ccccc1OC(C)=O. The molecule has 1 aromatic rings. The Kier molecular flexibility index (Phi) is 7.33. The van der Waals surface area contributed by atoms with Crippen molar-refractivity contribution in [2.75, 3.05) is 19.7 Å². The number of para-hydroxylation sites is 1. The molecule has 0 aliphatic heterocycles. The van der Waals surface area contributed by atoms with Crippen LogP contribution >= 0.6 is 0 Å². The average Bonchev–Trinajstić information content (AvgIpc) is 2.52. The number of rotatable bonds is 9. The fourth-order valence-electron chi connectivity index (χ4n) is 1.84. The van der Waals surface area contributed by atoms with Gasteiger partial charge in [-0.1, -0.05) is 30.9 Å². The van der Waals surface area contributed by atoms with Crippen LogP contribution in [-0.4, -0.2) is 36.5 Å². The van der Waals surface area contributed by atoms with Crippen molar-refractivity contribution in [3.63, 3.8) is 0 Å². The van der Waals surface area contributed by atoms with Crippen molar-refractivity contribution < 1.29 is 19.1 Å². The topological polar surface area (TPSA) is 55.8 Å². The molecule has 0 bridgehead atoms. The molecule has 1 rings (SSSR count). The molecule has 0 aliphatic carbocycles. The standard InChI is InChI=1S/C18H21NO4/c1-5-11-19(12-6-2)14(3)13-22-18(21)16-9-7-8-10-17(16)23-15(4)20/h5-10H,1-3,11-13H2,4H3. The van der Waals surface area contributed by atoms with Crippen molar-refractivity contribution in [3.05, 3.63) is 67.4 Å². The molecule has 0 aliphatic rings. The first-order chi connectivity index (χ1) is 11.0. The minimum Gasteiger partial charge on any atom is -0.456 e. The lowest BCUT2D eigenvalue weighted by molar-refractivity contribution is -0.131. The average molecular weight is 315 g/mol. The highest BCUT2D eigenvalue weighted by Crippen LogP contribution is 2.19. The van der Waals surface area contributed by atoms with E-state index in [0.29, 0.717) is 18.8 Å². The highest BCUT2D eigenvalue weighted by Gasteiger charge is 2.16. The first kappa shape index (κ1) is 18.2. The maximum atomic E-state index is 12.2. The normalized spacial score (nSPS) is 9.61. The summed E-state index contributed by atoms with van der Waals surface area (Å²) < 4.78 is 10.2. The van der Waals surface area contributed by atoms with E-state index in [1.165, 1.54) is 19.1 Å². The lowest BCUT2D eigenvalue weighted by Crippen LogP contribution is -2.26. The van der Waals surface area contributed by atoms with Crippen LogP contribution in [0.15, 0.2) is 61.9 Å². The van der Waals surface area contributed by atoms with E-state index >= 15 is 0 Å². The molecule has 0 radical (unpaired) electrons. The number of ether oxygens (including phenoxy) is 2. The van der Waals surface area contributed by atoms with E-state index in [0.717, 1.165) is 0 Å². The molecule has 0 amide bonds. The minimum absolute atomic E-state index is 0.0227. The first-order valence-electron chi connectivity index (χ1n) is 7.08. The molecule has 5 nitrogen and oxygen atoms in total. The number of nitrogens with zero attached hydrogens (tertiary/aromatic N) is 1. The lowest BCUT2D eigenvalue weighted by atomic mass is 10.2. The van der Waals surface area contributed by atoms with Crippen molar-refractivity contribution in [3.8, 4) is 5.75 Å². The molecule has 0 heterocycles. The highest BCUT2D eigenvalue weighted by atomic mass is 16.5. The van der Waals surface area contributed by atoms with E-state index in [2.05, 4.69) is 19.7 Å². The number of esters is 2. The molecular weight excluding hydrogens is 294 g/mol. The Bertz CT molecular complexity index is 597. The van der Waals surface area contributed by atoms with Gasteiger partial charge in [0.25, 0.3) is 0 Å². The Morgan fingerprint density at radius 1 is 1.17 bits per heavy atom. The highest BCUT2D eigenvalue weighted by molar-refractivity contribution is 5.93. The molecule has 0 spiro atoms. The van der Waals surface area contributed by atoms with Crippen molar-refractivity contribution in [1.82, 2.24) is 4.90 Å². The summed E-state index contributed by atoms with van der Waals surface area (Å²) >= 11 is 0. The first-order valence-corrected chi connectivity index (χ1v) is 7.08. The van der Waals surface area contributed by atoms with Crippen LogP contribution in [0.3, 0.4) is 0 Å². The van der Waals surface area contributed by atoms with E-state index < -0.39 is 11.9 Å². The number of carbonyl (C=O) groups excluding carboxylic acids is 2. The Labute approximate surface area is 136 Å². The zero-order valence-corrected chi connectivity index (χ0v) is 13.3. The van der Waals surface area contributed by atoms with Crippen molar-refractivity contribution >= 4 is 11.9 Å². The van der Waals surface area contributed by atoms with Crippen molar-refractivity contribution in [2.45, 2.75) is 6.92 Å². The monoisotopic (exact) mass is 315 g/mol. The summed E-state index contributed by atoms with van der Waals surface area (Å²) in [5.74, 6) is -0.914. The molecule has 0 N–H and O–H groups in total. The summed E-state index contributed by atoms with van der Waals surface area (Å²) in [6.07, 6.45) is 3.46. The van der Waals surface area contributed by atoms with Crippen LogP contribution in [-0.2, 0) is 9.53 Å². The van der Waals surface area contributed by atoms with Gasteiger partial charge < -0.3 is 14.4 Å².